The standard InChI is InChI=1S/C17H19FN2O3S/c1-3-20(2)17(21)12-13-4-8-15(9-5-13)19-24(22,23)16-10-6-14(18)7-11-16/h4-11,19H,3,12H2,1-2H3. The fourth-order valence-electron chi connectivity index (χ4n) is 2.00. The van der Waals surface area contributed by atoms with Crippen LogP contribution >= 0.6 is 0 Å². The van der Waals surface area contributed by atoms with E-state index in [2.05, 4.69) is 4.72 Å². The van der Waals surface area contributed by atoms with E-state index in [4.69, 9.17) is 0 Å². The minimum atomic E-state index is -3.78. The maximum atomic E-state index is 12.9. The first-order valence-electron chi connectivity index (χ1n) is 7.43. The van der Waals surface area contributed by atoms with Crippen LogP contribution in [0.25, 0.3) is 0 Å². The van der Waals surface area contributed by atoms with Crippen molar-refractivity contribution in [3.63, 3.8) is 0 Å². The van der Waals surface area contributed by atoms with E-state index >= 15 is 0 Å². The number of amides is 1. The number of anilines is 1. The van der Waals surface area contributed by atoms with Gasteiger partial charge in [-0.25, -0.2) is 12.8 Å². The molecule has 24 heavy (non-hydrogen) atoms. The van der Waals surface area contributed by atoms with Crippen LogP contribution in [0, 0.1) is 5.82 Å². The zero-order valence-electron chi connectivity index (χ0n) is 13.5. The maximum absolute atomic E-state index is 12.9. The molecule has 0 heterocycles. The zero-order valence-corrected chi connectivity index (χ0v) is 14.3. The van der Waals surface area contributed by atoms with Crippen molar-refractivity contribution in [2.24, 2.45) is 0 Å². The summed E-state index contributed by atoms with van der Waals surface area (Å²) in [4.78, 5) is 13.4. The third-order valence-corrected chi connectivity index (χ3v) is 4.98. The molecule has 0 radical (unpaired) electrons. The first-order valence-corrected chi connectivity index (χ1v) is 8.91. The Morgan fingerprint density at radius 3 is 2.21 bits per heavy atom. The van der Waals surface area contributed by atoms with E-state index in [1.807, 2.05) is 6.92 Å². The second kappa shape index (κ2) is 7.44. The normalized spacial score (nSPS) is 11.1. The van der Waals surface area contributed by atoms with Crippen molar-refractivity contribution in [2.75, 3.05) is 18.3 Å². The monoisotopic (exact) mass is 350 g/mol. The maximum Gasteiger partial charge on any atom is 0.261 e. The van der Waals surface area contributed by atoms with Gasteiger partial charge in [0.2, 0.25) is 5.91 Å². The molecular formula is C17H19FN2O3S. The lowest BCUT2D eigenvalue weighted by Gasteiger charge is -2.14. The van der Waals surface area contributed by atoms with Gasteiger partial charge in [0, 0.05) is 19.3 Å². The molecule has 0 spiro atoms. The van der Waals surface area contributed by atoms with Crippen molar-refractivity contribution in [2.45, 2.75) is 18.2 Å². The third kappa shape index (κ3) is 4.55. The molecule has 0 saturated carbocycles. The highest BCUT2D eigenvalue weighted by atomic mass is 32.2. The van der Waals surface area contributed by atoms with Crippen LogP contribution in [0.4, 0.5) is 10.1 Å². The van der Waals surface area contributed by atoms with Gasteiger partial charge in [-0.1, -0.05) is 12.1 Å². The highest BCUT2D eigenvalue weighted by molar-refractivity contribution is 7.92. The largest absolute Gasteiger partial charge is 0.346 e. The summed E-state index contributed by atoms with van der Waals surface area (Å²) in [6.07, 6.45) is 0.259. The van der Waals surface area contributed by atoms with Gasteiger partial charge in [0.05, 0.1) is 11.3 Å². The van der Waals surface area contributed by atoms with Gasteiger partial charge in [0.15, 0.2) is 0 Å². The Bertz CT molecular complexity index is 803. The molecule has 1 amide bonds. The van der Waals surface area contributed by atoms with Crippen LogP contribution in [0.2, 0.25) is 0 Å². The second-order valence-electron chi connectivity index (χ2n) is 5.34. The summed E-state index contributed by atoms with van der Waals surface area (Å²) in [5.41, 5.74) is 1.17. The van der Waals surface area contributed by atoms with Gasteiger partial charge in [-0.2, -0.15) is 0 Å². The predicted molar refractivity (Wildman–Crippen MR) is 90.7 cm³/mol. The summed E-state index contributed by atoms with van der Waals surface area (Å²) >= 11 is 0. The molecule has 5 nitrogen and oxygen atoms in total. The Morgan fingerprint density at radius 2 is 1.67 bits per heavy atom. The summed E-state index contributed by atoms with van der Waals surface area (Å²) < 4.78 is 39.7. The number of likely N-dealkylation sites (N-methyl/N-ethyl adjacent to an activating group) is 1. The number of carbonyl (C=O) groups excluding carboxylic acids is 1. The molecule has 0 aliphatic heterocycles. The fraction of sp³-hybridized carbons (Fsp3) is 0.235. The average Bonchev–Trinajstić information content (AvgIpc) is 2.56. The van der Waals surface area contributed by atoms with Crippen LogP contribution < -0.4 is 4.72 Å². The Hall–Kier alpha value is -2.41. The highest BCUT2D eigenvalue weighted by Crippen LogP contribution is 2.17. The minimum Gasteiger partial charge on any atom is -0.346 e. The average molecular weight is 350 g/mol. The minimum absolute atomic E-state index is 0.00265. The SMILES string of the molecule is CCN(C)C(=O)Cc1ccc(NS(=O)(=O)c2ccc(F)cc2)cc1. The van der Waals surface area contributed by atoms with E-state index in [-0.39, 0.29) is 17.2 Å². The van der Waals surface area contributed by atoms with Gasteiger partial charge in [0.1, 0.15) is 5.82 Å². The lowest BCUT2D eigenvalue weighted by molar-refractivity contribution is -0.128. The first kappa shape index (κ1) is 17.9. The van der Waals surface area contributed by atoms with Gasteiger partial charge in [-0.3, -0.25) is 9.52 Å². The number of nitrogens with one attached hydrogen (secondary N) is 1. The Kier molecular flexibility index (Phi) is 5.56. The smallest absolute Gasteiger partial charge is 0.261 e. The van der Waals surface area contributed by atoms with Crippen molar-refractivity contribution in [3.8, 4) is 0 Å². The zero-order chi connectivity index (χ0) is 17.7. The summed E-state index contributed by atoms with van der Waals surface area (Å²) in [5.74, 6) is -0.503. The predicted octanol–water partition coefficient (Wildman–Crippen LogP) is 2.65. The second-order valence-corrected chi connectivity index (χ2v) is 7.02. The number of hydrogen-bond acceptors (Lipinski definition) is 3. The number of sulfonamides is 1. The van der Waals surface area contributed by atoms with Crippen molar-refractivity contribution in [1.82, 2.24) is 4.90 Å². The van der Waals surface area contributed by atoms with Crippen molar-refractivity contribution >= 4 is 21.6 Å². The van der Waals surface area contributed by atoms with E-state index < -0.39 is 15.8 Å². The van der Waals surface area contributed by atoms with Crippen LogP contribution in [0.1, 0.15) is 12.5 Å². The first-order chi connectivity index (χ1) is 11.3. The van der Waals surface area contributed by atoms with Gasteiger partial charge in [0.25, 0.3) is 10.0 Å². The number of halogens is 1. The quantitative estimate of drug-likeness (QED) is 0.871. The highest BCUT2D eigenvalue weighted by Gasteiger charge is 2.14. The molecular weight excluding hydrogens is 331 g/mol. The van der Waals surface area contributed by atoms with E-state index in [0.29, 0.717) is 12.2 Å². The van der Waals surface area contributed by atoms with Crippen LogP contribution in [-0.4, -0.2) is 32.8 Å². The molecule has 0 saturated heterocycles. The Labute approximate surface area is 141 Å². The van der Waals surface area contributed by atoms with E-state index in [1.54, 1.807) is 36.2 Å². The number of carbonyl (C=O) groups is 1. The lowest BCUT2D eigenvalue weighted by atomic mass is 10.1. The molecule has 0 aliphatic carbocycles. The molecule has 7 heteroatoms. The van der Waals surface area contributed by atoms with Gasteiger partial charge in [-0.05, 0) is 48.9 Å². The molecule has 0 fully saturated rings. The fourth-order valence-corrected chi connectivity index (χ4v) is 3.06. The van der Waals surface area contributed by atoms with Crippen molar-refractivity contribution in [3.05, 3.63) is 59.9 Å². The molecule has 0 bridgehead atoms. The van der Waals surface area contributed by atoms with Crippen LogP contribution in [0.3, 0.4) is 0 Å². The van der Waals surface area contributed by atoms with Crippen molar-refractivity contribution < 1.29 is 17.6 Å². The molecule has 2 rings (SSSR count). The Morgan fingerprint density at radius 1 is 1.08 bits per heavy atom. The molecule has 1 N–H and O–H groups in total. The lowest BCUT2D eigenvalue weighted by Crippen LogP contribution is -2.27. The Balaban J connectivity index is 2.08. The molecule has 0 atom stereocenters. The van der Waals surface area contributed by atoms with E-state index in [0.717, 1.165) is 17.7 Å². The molecule has 2 aromatic carbocycles. The third-order valence-electron chi connectivity index (χ3n) is 3.59. The molecule has 0 aromatic heterocycles. The number of benzene rings is 2. The van der Waals surface area contributed by atoms with Gasteiger partial charge >= 0.3 is 0 Å². The molecule has 0 aliphatic rings. The summed E-state index contributed by atoms with van der Waals surface area (Å²) in [5, 5.41) is 0. The number of hydrogen-bond donors (Lipinski definition) is 1. The topological polar surface area (TPSA) is 66.5 Å². The van der Waals surface area contributed by atoms with E-state index in [9.17, 15) is 17.6 Å². The van der Waals surface area contributed by atoms with Gasteiger partial charge in [-0.15, -0.1) is 0 Å². The summed E-state index contributed by atoms with van der Waals surface area (Å²) in [6.45, 7) is 2.53. The molecule has 128 valence electrons. The van der Waals surface area contributed by atoms with Crippen LogP contribution in [0.15, 0.2) is 53.4 Å². The van der Waals surface area contributed by atoms with Crippen LogP contribution in [-0.2, 0) is 21.2 Å². The summed E-state index contributed by atoms with van der Waals surface area (Å²) in [6, 6.07) is 11.2. The number of nitrogens with zero attached hydrogens (tertiary/aromatic N) is 1. The van der Waals surface area contributed by atoms with Crippen LogP contribution in [0.5, 0.6) is 0 Å². The number of rotatable bonds is 6. The van der Waals surface area contributed by atoms with E-state index in [1.165, 1.54) is 12.1 Å². The van der Waals surface area contributed by atoms with Gasteiger partial charge < -0.3 is 4.90 Å². The molecule has 2 aromatic rings. The molecule has 0 unspecified atom stereocenters. The summed E-state index contributed by atoms with van der Waals surface area (Å²) in [7, 11) is -2.05. The van der Waals surface area contributed by atoms with Crippen molar-refractivity contribution in [1.29, 1.82) is 0 Å².